The standard InChI is InChI=1S/C15H21IN2OS/c16-14-9-13(11-20-14)15(19)18-7-3-12(4-8-18)10-17-5-1-2-6-17/h9,11-12H,1-8,10H2. The number of likely N-dealkylation sites (tertiary alicyclic amines) is 2. The molecule has 0 spiro atoms. The quantitative estimate of drug-likeness (QED) is 0.722. The summed E-state index contributed by atoms with van der Waals surface area (Å²) in [4.78, 5) is 17.0. The monoisotopic (exact) mass is 404 g/mol. The minimum absolute atomic E-state index is 0.226. The van der Waals surface area contributed by atoms with Crippen LogP contribution < -0.4 is 0 Å². The highest BCUT2D eigenvalue weighted by molar-refractivity contribution is 14.1. The van der Waals surface area contributed by atoms with Crippen molar-refractivity contribution in [1.29, 1.82) is 0 Å². The third-order valence-electron chi connectivity index (χ3n) is 4.43. The average Bonchev–Trinajstić information content (AvgIpc) is 3.10. The van der Waals surface area contributed by atoms with Gasteiger partial charge in [-0.25, -0.2) is 0 Å². The first-order chi connectivity index (χ1) is 9.72. The lowest BCUT2D eigenvalue weighted by Crippen LogP contribution is -2.41. The fourth-order valence-corrected chi connectivity index (χ4v) is 4.57. The van der Waals surface area contributed by atoms with Crippen LogP contribution in [0.1, 0.15) is 36.0 Å². The first-order valence-electron chi connectivity index (χ1n) is 7.48. The zero-order chi connectivity index (χ0) is 13.9. The van der Waals surface area contributed by atoms with E-state index in [1.54, 1.807) is 11.3 Å². The van der Waals surface area contributed by atoms with Crippen molar-refractivity contribution in [2.45, 2.75) is 25.7 Å². The van der Waals surface area contributed by atoms with Crippen LogP contribution >= 0.6 is 33.9 Å². The molecule has 2 aliphatic rings. The predicted octanol–water partition coefficient (Wildman–Crippen LogP) is 3.30. The van der Waals surface area contributed by atoms with Crippen molar-refractivity contribution in [1.82, 2.24) is 9.80 Å². The van der Waals surface area contributed by atoms with E-state index in [1.807, 2.05) is 16.3 Å². The number of rotatable bonds is 3. The van der Waals surface area contributed by atoms with E-state index in [1.165, 1.54) is 48.2 Å². The molecule has 3 nitrogen and oxygen atoms in total. The third kappa shape index (κ3) is 3.54. The van der Waals surface area contributed by atoms with Crippen molar-refractivity contribution in [2.24, 2.45) is 5.92 Å². The third-order valence-corrected chi connectivity index (χ3v) is 6.22. The largest absolute Gasteiger partial charge is 0.339 e. The molecule has 1 amide bonds. The number of halogens is 1. The minimum Gasteiger partial charge on any atom is -0.339 e. The first-order valence-corrected chi connectivity index (χ1v) is 9.44. The van der Waals surface area contributed by atoms with Crippen molar-refractivity contribution >= 4 is 39.8 Å². The van der Waals surface area contributed by atoms with Gasteiger partial charge in [0.15, 0.2) is 0 Å². The number of piperidine rings is 1. The topological polar surface area (TPSA) is 23.6 Å². The summed E-state index contributed by atoms with van der Waals surface area (Å²) in [5.74, 6) is 1.02. The van der Waals surface area contributed by atoms with Crippen LogP contribution in [0.25, 0.3) is 0 Å². The van der Waals surface area contributed by atoms with Gasteiger partial charge in [0.1, 0.15) is 0 Å². The molecular weight excluding hydrogens is 383 g/mol. The maximum atomic E-state index is 12.4. The summed E-state index contributed by atoms with van der Waals surface area (Å²) in [5.41, 5.74) is 0.873. The lowest BCUT2D eigenvalue weighted by atomic mass is 9.96. The van der Waals surface area contributed by atoms with Gasteiger partial charge < -0.3 is 9.80 Å². The molecule has 5 heteroatoms. The summed E-state index contributed by atoms with van der Waals surface area (Å²) in [7, 11) is 0. The summed E-state index contributed by atoms with van der Waals surface area (Å²) in [5, 5.41) is 1.99. The van der Waals surface area contributed by atoms with E-state index in [0.29, 0.717) is 0 Å². The number of carbonyl (C=O) groups is 1. The first kappa shape index (κ1) is 14.8. The van der Waals surface area contributed by atoms with Crippen LogP contribution in [0, 0.1) is 8.80 Å². The molecule has 0 unspecified atom stereocenters. The van der Waals surface area contributed by atoms with E-state index in [9.17, 15) is 4.79 Å². The Morgan fingerprint density at radius 1 is 1.25 bits per heavy atom. The molecule has 0 N–H and O–H groups in total. The van der Waals surface area contributed by atoms with Crippen molar-refractivity contribution in [3.05, 3.63) is 19.9 Å². The molecule has 3 rings (SSSR count). The average molecular weight is 404 g/mol. The van der Waals surface area contributed by atoms with Crippen LogP contribution in [-0.4, -0.2) is 48.4 Å². The molecule has 0 aliphatic carbocycles. The van der Waals surface area contributed by atoms with E-state index < -0.39 is 0 Å². The van der Waals surface area contributed by atoms with Crippen LogP contribution in [0.5, 0.6) is 0 Å². The molecule has 0 bridgehead atoms. The molecule has 2 aliphatic heterocycles. The Labute approximate surface area is 138 Å². The van der Waals surface area contributed by atoms with Crippen LogP contribution in [0.15, 0.2) is 11.4 Å². The molecule has 3 heterocycles. The Morgan fingerprint density at radius 3 is 2.55 bits per heavy atom. The van der Waals surface area contributed by atoms with Gasteiger partial charge in [-0.15, -0.1) is 11.3 Å². The van der Waals surface area contributed by atoms with Crippen molar-refractivity contribution in [3.8, 4) is 0 Å². The van der Waals surface area contributed by atoms with Crippen LogP contribution in [0.4, 0.5) is 0 Å². The number of hydrogen-bond acceptors (Lipinski definition) is 3. The zero-order valence-electron chi connectivity index (χ0n) is 11.7. The molecule has 2 saturated heterocycles. The highest BCUT2D eigenvalue weighted by atomic mass is 127. The van der Waals surface area contributed by atoms with Crippen LogP contribution in [0.2, 0.25) is 0 Å². The number of carbonyl (C=O) groups excluding carboxylic acids is 1. The summed E-state index contributed by atoms with van der Waals surface area (Å²) in [6.45, 7) is 5.69. The van der Waals surface area contributed by atoms with Crippen LogP contribution in [0.3, 0.4) is 0 Å². The number of hydrogen-bond donors (Lipinski definition) is 0. The molecule has 20 heavy (non-hydrogen) atoms. The van der Waals surface area contributed by atoms with E-state index in [2.05, 4.69) is 27.5 Å². The van der Waals surface area contributed by atoms with E-state index in [0.717, 1.165) is 24.6 Å². The molecular formula is C15H21IN2OS. The van der Waals surface area contributed by atoms with Crippen molar-refractivity contribution in [3.63, 3.8) is 0 Å². The van der Waals surface area contributed by atoms with Gasteiger partial charge >= 0.3 is 0 Å². The lowest BCUT2D eigenvalue weighted by Gasteiger charge is -2.33. The van der Waals surface area contributed by atoms with Gasteiger partial charge in [0.2, 0.25) is 0 Å². The SMILES string of the molecule is O=C(c1csc(I)c1)N1CCC(CN2CCCC2)CC1. The van der Waals surface area contributed by atoms with E-state index >= 15 is 0 Å². The normalized spacial score (nSPS) is 21.6. The summed E-state index contributed by atoms with van der Waals surface area (Å²) in [6.07, 6.45) is 5.08. The minimum atomic E-state index is 0.226. The molecule has 0 radical (unpaired) electrons. The van der Waals surface area contributed by atoms with Crippen molar-refractivity contribution in [2.75, 3.05) is 32.7 Å². The fourth-order valence-electron chi connectivity index (χ4n) is 3.25. The Kier molecular flexibility index (Phi) is 4.99. The highest BCUT2D eigenvalue weighted by Crippen LogP contribution is 2.23. The number of amides is 1. The summed E-state index contributed by atoms with van der Waals surface area (Å²) >= 11 is 3.93. The van der Waals surface area contributed by atoms with Gasteiger partial charge in [-0.3, -0.25) is 4.79 Å². The van der Waals surface area contributed by atoms with E-state index in [4.69, 9.17) is 0 Å². The molecule has 2 fully saturated rings. The second-order valence-electron chi connectivity index (χ2n) is 5.88. The Hall–Kier alpha value is -0.140. The Balaban J connectivity index is 1.49. The second kappa shape index (κ2) is 6.75. The molecule has 0 aromatic carbocycles. The molecule has 1 aromatic heterocycles. The van der Waals surface area contributed by atoms with Gasteiger partial charge in [-0.05, 0) is 73.3 Å². The van der Waals surface area contributed by atoms with Crippen molar-refractivity contribution < 1.29 is 4.79 Å². The van der Waals surface area contributed by atoms with Gasteiger partial charge in [-0.1, -0.05) is 0 Å². The maximum absolute atomic E-state index is 12.4. The second-order valence-corrected chi connectivity index (χ2v) is 8.69. The number of thiophene rings is 1. The highest BCUT2D eigenvalue weighted by Gasteiger charge is 2.26. The van der Waals surface area contributed by atoms with Gasteiger partial charge in [0, 0.05) is 25.0 Å². The molecule has 0 saturated carbocycles. The summed E-state index contributed by atoms with van der Waals surface area (Å²) in [6, 6.07) is 2.00. The number of nitrogens with zero attached hydrogens (tertiary/aromatic N) is 2. The van der Waals surface area contributed by atoms with Gasteiger partial charge in [0.05, 0.1) is 8.45 Å². The van der Waals surface area contributed by atoms with Gasteiger partial charge in [0.25, 0.3) is 5.91 Å². The maximum Gasteiger partial charge on any atom is 0.254 e. The summed E-state index contributed by atoms with van der Waals surface area (Å²) < 4.78 is 1.19. The fraction of sp³-hybridized carbons (Fsp3) is 0.667. The predicted molar refractivity (Wildman–Crippen MR) is 91.3 cm³/mol. The Morgan fingerprint density at radius 2 is 1.95 bits per heavy atom. The van der Waals surface area contributed by atoms with E-state index in [-0.39, 0.29) is 5.91 Å². The Bertz CT molecular complexity index is 462. The molecule has 110 valence electrons. The molecule has 1 aromatic rings. The zero-order valence-corrected chi connectivity index (χ0v) is 14.7. The smallest absolute Gasteiger partial charge is 0.254 e. The lowest BCUT2D eigenvalue weighted by molar-refractivity contribution is 0.0673. The van der Waals surface area contributed by atoms with Crippen LogP contribution in [-0.2, 0) is 0 Å². The molecule has 0 atom stereocenters. The van der Waals surface area contributed by atoms with Gasteiger partial charge in [-0.2, -0.15) is 0 Å².